The molecular weight excluding hydrogens is 458 g/mol. The van der Waals surface area contributed by atoms with Crippen LogP contribution in [0.15, 0.2) is 37.1 Å². The minimum Gasteiger partial charge on any atom is -0.480 e. The smallest absolute Gasteiger partial charge is 0.324 e. The number of hydrogen-bond donors (Lipinski definition) is 3. The van der Waals surface area contributed by atoms with Crippen LogP contribution in [0.5, 0.6) is 0 Å². The van der Waals surface area contributed by atoms with Crippen LogP contribution in [0, 0.1) is 5.92 Å². The van der Waals surface area contributed by atoms with Crippen LogP contribution in [0.1, 0.15) is 36.8 Å². The number of carbonyl (C=O) groups is 3. The summed E-state index contributed by atoms with van der Waals surface area (Å²) in [5.41, 5.74) is 3.71. The molecule has 0 saturated carbocycles. The number of H-pyrrole nitrogens is 1. The normalized spacial score (nSPS) is 21.2. The van der Waals surface area contributed by atoms with Gasteiger partial charge in [0.1, 0.15) is 0 Å². The first kappa shape index (κ1) is 25.9. The highest BCUT2D eigenvalue weighted by Gasteiger charge is 2.43. The predicted molar refractivity (Wildman–Crippen MR) is 139 cm³/mol. The number of carboxylic acids is 1. The second-order valence-electron chi connectivity index (χ2n) is 9.95. The van der Waals surface area contributed by atoms with Gasteiger partial charge in [0.2, 0.25) is 5.91 Å². The van der Waals surface area contributed by atoms with Gasteiger partial charge in [-0.05, 0) is 50.4 Å². The maximum Gasteiger partial charge on any atom is 0.324 e. The van der Waals surface area contributed by atoms with Gasteiger partial charge in [0.15, 0.2) is 0 Å². The number of aromatic amines is 1. The van der Waals surface area contributed by atoms with E-state index in [9.17, 15) is 14.4 Å². The standard InChI is InChI=1S/C27H37N5O4/c1-4-10-31-16-19(13-21-20-8-6-9-22-25(20)18(15-29-22)14-23(21)31)26(35)32(27(36)28-5-2)12-7-11-30(3)17-24(33)34/h4,6,8-9,15,19,21,23,29H,1,5,7,10-14,16-17H2,2-3H3,(H,28,36)(H,33,34)/t19-,21-,23-/m1/s1. The second kappa shape index (κ2) is 11.3. The third-order valence-corrected chi connectivity index (χ3v) is 7.45. The molecule has 3 atom stereocenters. The number of aromatic nitrogens is 1. The summed E-state index contributed by atoms with van der Waals surface area (Å²) in [5.74, 6) is -1.19. The SMILES string of the molecule is C=CCN1C[C@H](C(=O)N(CCCN(C)CC(=O)O)C(=O)NCC)C[C@@H]2c3cccc4[nH]cc(c34)C[C@H]21. The van der Waals surface area contributed by atoms with Gasteiger partial charge in [-0.3, -0.25) is 24.3 Å². The van der Waals surface area contributed by atoms with Gasteiger partial charge in [0.25, 0.3) is 0 Å². The highest BCUT2D eigenvalue weighted by Crippen LogP contribution is 2.45. The number of benzene rings is 1. The third-order valence-electron chi connectivity index (χ3n) is 7.45. The number of carbonyl (C=O) groups excluding carboxylic acids is 2. The molecule has 1 fully saturated rings. The van der Waals surface area contributed by atoms with Gasteiger partial charge < -0.3 is 15.4 Å². The number of nitrogens with one attached hydrogen (secondary N) is 2. The fourth-order valence-electron chi connectivity index (χ4n) is 5.94. The van der Waals surface area contributed by atoms with E-state index in [1.54, 1.807) is 11.9 Å². The second-order valence-corrected chi connectivity index (χ2v) is 9.95. The number of piperidine rings is 1. The monoisotopic (exact) mass is 495 g/mol. The average molecular weight is 496 g/mol. The van der Waals surface area contributed by atoms with Crippen molar-refractivity contribution in [3.05, 3.63) is 48.2 Å². The van der Waals surface area contributed by atoms with E-state index >= 15 is 0 Å². The molecule has 0 radical (unpaired) electrons. The van der Waals surface area contributed by atoms with Crippen molar-refractivity contribution < 1.29 is 19.5 Å². The molecule has 36 heavy (non-hydrogen) atoms. The molecule has 1 aromatic carbocycles. The Morgan fingerprint density at radius 2 is 2.11 bits per heavy atom. The molecule has 0 unspecified atom stereocenters. The molecule has 1 saturated heterocycles. The number of imide groups is 1. The third kappa shape index (κ3) is 5.32. The van der Waals surface area contributed by atoms with Crippen LogP contribution in [0.25, 0.3) is 10.9 Å². The van der Waals surface area contributed by atoms with Crippen LogP contribution in [0.4, 0.5) is 4.79 Å². The largest absolute Gasteiger partial charge is 0.480 e. The minimum absolute atomic E-state index is 0.0794. The van der Waals surface area contributed by atoms with Crippen LogP contribution >= 0.6 is 0 Å². The van der Waals surface area contributed by atoms with Crippen molar-refractivity contribution in [2.24, 2.45) is 5.92 Å². The number of nitrogens with zero attached hydrogens (tertiary/aromatic N) is 3. The maximum atomic E-state index is 13.8. The van der Waals surface area contributed by atoms with E-state index in [2.05, 4.69) is 46.2 Å². The summed E-state index contributed by atoms with van der Waals surface area (Å²) in [7, 11) is 1.72. The number of rotatable bonds is 10. The van der Waals surface area contributed by atoms with Crippen molar-refractivity contribution in [3.63, 3.8) is 0 Å². The molecule has 4 rings (SSSR count). The van der Waals surface area contributed by atoms with Gasteiger partial charge in [-0.25, -0.2) is 4.79 Å². The van der Waals surface area contributed by atoms with Gasteiger partial charge in [0, 0.05) is 61.8 Å². The summed E-state index contributed by atoms with van der Waals surface area (Å²) in [6.45, 7) is 8.11. The lowest BCUT2D eigenvalue weighted by molar-refractivity contribution is -0.138. The zero-order valence-electron chi connectivity index (χ0n) is 21.2. The van der Waals surface area contributed by atoms with Gasteiger partial charge in [-0.15, -0.1) is 6.58 Å². The van der Waals surface area contributed by atoms with E-state index in [0.717, 1.165) is 11.9 Å². The van der Waals surface area contributed by atoms with E-state index in [0.29, 0.717) is 39.0 Å². The van der Waals surface area contributed by atoms with Crippen molar-refractivity contribution in [3.8, 4) is 0 Å². The topological polar surface area (TPSA) is 109 Å². The highest BCUT2D eigenvalue weighted by atomic mass is 16.4. The van der Waals surface area contributed by atoms with Crippen molar-refractivity contribution in [1.29, 1.82) is 0 Å². The van der Waals surface area contributed by atoms with Gasteiger partial charge >= 0.3 is 12.0 Å². The first-order valence-corrected chi connectivity index (χ1v) is 12.8. The minimum atomic E-state index is -0.902. The Kier molecular flexibility index (Phi) is 8.11. The number of urea groups is 1. The van der Waals surface area contributed by atoms with Crippen LogP contribution in [0.2, 0.25) is 0 Å². The van der Waals surface area contributed by atoms with Crippen LogP contribution < -0.4 is 5.32 Å². The van der Waals surface area contributed by atoms with Gasteiger partial charge in [-0.2, -0.15) is 0 Å². The Morgan fingerprint density at radius 3 is 2.83 bits per heavy atom. The molecule has 1 aliphatic carbocycles. The van der Waals surface area contributed by atoms with Crippen LogP contribution in [-0.4, -0.2) is 95.1 Å². The van der Waals surface area contributed by atoms with E-state index in [4.69, 9.17) is 5.11 Å². The van der Waals surface area contributed by atoms with E-state index in [1.165, 1.54) is 21.4 Å². The lowest BCUT2D eigenvalue weighted by Gasteiger charge is -2.47. The predicted octanol–water partition coefficient (Wildman–Crippen LogP) is 2.65. The number of fused-ring (bicyclic) bond motifs is 2. The molecule has 2 heterocycles. The molecule has 0 bridgehead atoms. The first-order valence-electron chi connectivity index (χ1n) is 12.8. The van der Waals surface area contributed by atoms with Crippen LogP contribution in [-0.2, 0) is 16.0 Å². The molecule has 194 valence electrons. The summed E-state index contributed by atoms with van der Waals surface area (Å²) in [6.07, 6.45) is 6.11. The molecule has 0 spiro atoms. The van der Waals surface area contributed by atoms with Crippen molar-refractivity contribution >= 4 is 28.8 Å². The zero-order chi connectivity index (χ0) is 25.8. The Balaban J connectivity index is 1.55. The molecule has 1 aliphatic heterocycles. The number of aliphatic carboxylic acids is 1. The first-order chi connectivity index (χ1) is 17.3. The molecule has 9 nitrogen and oxygen atoms in total. The average Bonchev–Trinajstić information content (AvgIpc) is 3.26. The Morgan fingerprint density at radius 1 is 1.31 bits per heavy atom. The summed E-state index contributed by atoms with van der Waals surface area (Å²) in [5, 5.41) is 13.0. The van der Waals surface area contributed by atoms with Gasteiger partial charge in [0.05, 0.1) is 12.5 Å². The summed E-state index contributed by atoms with van der Waals surface area (Å²) < 4.78 is 0. The van der Waals surface area contributed by atoms with Crippen molar-refractivity contribution in [2.45, 2.75) is 38.1 Å². The number of likely N-dealkylation sites (tertiary alicyclic amines) is 1. The lowest BCUT2D eigenvalue weighted by atomic mass is 9.72. The summed E-state index contributed by atoms with van der Waals surface area (Å²) in [6, 6.07) is 6.23. The Labute approximate surface area is 212 Å². The quantitative estimate of drug-likeness (QED) is 0.437. The summed E-state index contributed by atoms with van der Waals surface area (Å²) in [4.78, 5) is 46.4. The molecule has 3 N–H and O–H groups in total. The van der Waals surface area contributed by atoms with E-state index < -0.39 is 5.97 Å². The lowest BCUT2D eigenvalue weighted by Crippen LogP contribution is -2.55. The van der Waals surface area contributed by atoms with Gasteiger partial charge in [-0.1, -0.05) is 18.2 Å². The Hall–Kier alpha value is -3.17. The molecule has 1 aromatic heterocycles. The maximum absolute atomic E-state index is 13.8. The highest BCUT2D eigenvalue weighted by molar-refractivity contribution is 5.96. The Bertz CT molecular complexity index is 1130. The number of hydrogen-bond acceptors (Lipinski definition) is 5. The number of amides is 3. The van der Waals surface area contributed by atoms with E-state index in [1.807, 2.05) is 13.0 Å². The zero-order valence-corrected chi connectivity index (χ0v) is 21.2. The molecular formula is C27H37N5O4. The fourth-order valence-corrected chi connectivity index (χ4v) is 5.94. The van der Waals surface area contributed by atoms with E-state index in [-0.39, 0.29) is 42.9 Å². The number of carboxylic acid groups (broad SMARTS) is 1. The molecule has 9 heteroatoms. The molecule has 2 aliphatic rings. The van der Waals surface area contributed by atoms with Crippen molar-refractivity contribution in [1.82, 2.24) is 25.0 Å². The molecule has 3 amide bonds. The summed E-state index contributed by atoms with van der Waals surface area (Å²) >= 11 is 0. The molecule has 2 aromatic rings. The fraction of sp³-hybridized carbons (Fsp3) is 0.519. The van der Waals surface area contributed by atoms with Crippen LogP contribution in [0.3, 0.4) is 0 Å². The number of likely N-dealkylation sites (N-methyl/N-ethyl adjacent to an activating group) is 1. The van der Waals surface area contributed by atoms with Crippen molar-refractivity contribution in [2.75, 3.05) is 46.3 Å².